The zero-order chi connectivity index (χ0) is 21.5. The van der Waals surface area contributed by atoms with Gasteiger partial charge in [-0.3, -0.25) is 9.59 Å². The van der Waals surface area contributed by atoms with E-state index in [2.05, 4.69) is 10.6 Å². The molecular weight excluding hydrogens is 392 g/mol. The monoisotopic (exact) mass is 414 g/mol. The van der Waals surface area contributed by atoms with Crippen molar-refractivity contribution in [2.75, 3.05) is 32.2 Å². The number of ether oxygens (including phenoxy) is 4. The van der Waals surface area contributed by atoms with E-state index >= 15 is 0 Å². The average Bonchev–Trinajstić information content (AvgIpc) is 2.76. The Hall–Kier alpha value is -3.75. The van der Waals surface area contributed by atoms with Crippen molar-refractivity contribution in [2.45, 2.75) is 13.0 Å². The summed E-state index contributed by atoms with van der Waals surface area (Å²) in [5.41, 5.74) is 1.44. The van der Waals surface area contributed by atoms with Crippen LogP contribution in [-0.2, 0) is 19.1 Å². The summed E-state index contributed by atoms with van der Waals surface area (Å²) in [6.45, 7) is 1.04. The number of amides is 2. The van der Waals surface area contributed by atoms with E-state index in [0.29, 0.717) is 22.9 Å². The molecule has 1 aliphatic heterocycles. The first kappa shape index (κ1) is 21.0. The number of carbonyl (C=O) groups excluding carboxylic acids is 3. The number of para-hydroxylation sites is 2. The van der Waals surface area contributed by atoms with Gasteiger partial charge in [0.15, 0.2) is 18.1 Å². The Labute approximate surface area is 173 Å². The highest BCUT2D eigenvalue weighted by molar-refractivity contribution is 5.96. The van der Waals surface area contributed by atoms with E-state index in [1.807, 2.05) is 13.0 Å². The van der Waals surface area contributed by atoms with Gasteiger partial charge in [-0.1, -0.05) is 18.2 Å². The van der Waals surface area contributed by atoms with Crippen LogP contribution in [0.3, 0.4) is 0 Å². The van der Waals surface area contributed by atoms with Crippen LogP contribution in [0, 0.1) is 6.92 Å². The summed E-state index contributed by atoms with van der Waals surface area (Å²) in [7, 11) is 1.50. The molecule has 0 saturated carbocycles. The third kappa shape index (κ3) is 5.40. The zero-order valence-corrected chi connectivity index (χ0v) is 16.6. The smallest absolute Gasteiger partial charge is 0.351 e. The van der Waals surface area contributed by atoms with E-state index in [1.165, 1.54) is 7.11 Å². The molecule has 30 heavy (non-hydrogen) atoms. The maximum Gasteiger partial charge on any atom is 0.351 e. The number of fused-ring (bicyclic) bond motifs is 1. The molecule has 9 heteroatoms. The topological polar surface area (TPSA) is 112 Å². The maximum absolute atomic E-state index is 12.1. The second kappa shape index (κ2) is 9.64. The summed E-state index contributed by atoms with van der Waals surface area (Å²) in [5, 5.41) is 5.05. The third-order valence-corrected chi connectivity index (χ3v) is 4.19. The number of aryl methyl sites for hydroxylation is 1. The van der Waals surface area contributed by atoms with Gasteiger partial charge in [0.25, 0.3) is 5.91 Å². The van der Waals surface area contributed by atoms with E-state index in [1.54, 1.807) is 36.4 Å². The van der Waals surface area contributed by atoms with Crippen molar-refractivity contribution in [3.63, 3.8) is 0 Å². The number of carbonyl (C=O) groups is 3. The number of benzene rings is 2. The standard InChI is InChI=1S/C21H22N2O7/c1-13-7-8-15(27-2)14(9-13)23-19(24)10-22-20(25)12-29-21(26)18-11-28-16-5-3-4-6-17(16)30-18/h3-9,18H,10-12H2,1-2H3,(H,22,25)(H,23,24). The van der Waals surface area contributed by atoms with Gasteiger partial charge in [-0.25, -0.2) is 4.79 Å². The van der Waals surface area contributed by atoms with Crippen LogP contribution in [0.5, 0.6) is 17.2 Å². The SMILES string of the molecule is COc1ccc(C)cc1NC(=O)CNC(=O)COC(=O)C1COc2ccccc2O1. The average molecular weight is 414 g/mol. The summed E-state index contributed by atoms with van der Waals surface area (Å²) < 4.78 is 21.1. The number of nitrogens with one attached hydrogen (secondary N) is 2. The highest BCUT2D eigenvalue weighted by Crippen LogP contribution is 2.31. The highest BCUT2D eigenvalue weighted by Gasteiger charge is 2.29. The van der Waals surface area contributed by atoms with Crippen molar-refractivity contribution in [3.8, 4) is 17.2 Å². The van der Waals surface area contributed by atoms with Crippen molar-refractivity contribution in [1.82, 2.24) is 5.32 Å². The predicted octanol–water partition coefficient (Wildman–Crippen LogP) is 1.44. The largest absolute Gasteiger partial charge is 0.495 e. The minimum absolute atomic E-state index is 0.0157. The second-order valence-corrected chi connectivity index (χ2v) is 6.50. The molecule has 0 saturated heterocycles. The molecule has 2 aromatic rings. The van der Waals surface area contributed by atoms with Crippen LogP contribution in [0.1, 0.15) is 5.56 Å². The fourth-order valence-electron chi connectivity index (χ4n) is 2.71. The predicted molar refractivity (Wildman–Crippen MR) is 107 cm³/mol. The molecule has 0 fully saturated rings. The van der Waals surface area contributed by atoms with Gasteiger partial charge in [0.2, 0.25) is 12.0 Å². The lowest BCUT2D eigenvalue weighted by atomic mass is 10.2. The fourth-order valence-corrected chi connectivity index (χ4v) is 2.71. The van der Waals surface area contributed by atoms with Gasteiger partial charge >= 0.3 is 5.97 Å². The molecule has 9 nitrogen and oxygen atoms in total. The minimum atomic E-state index is -0.968. The molecule has 0 spiro atoms. The van der Waals surface area contributed by atoms with Gasteiger partial charge in [0.05, 0.1) is 19.3 Å². The number of methoxy groups -OCH3 is 1. The molecular formula is C21H22N2O7. The van der Waals surface area contributed by atoms with Gasteiger partial charge in [0.1, 0.15) is 12.4 Å². The van der Waals surface area contributed by atoms with Crippen molar-refractivity contribution >= 4 is 23.5 Å². The molecule has 0 radical (unpaired) electrons. The van der Waals surface area contributed by atoms with Crippen LogP contribution in [-0.4, -0.2) is 50.8 Å². The molecule has 1 unspecified atom stereocenters. The van der Waals surface area contributed by atoms with E-state index in [0.717, 1.165) is 5.56 Å². The van der Waals surface area contributed by atoms with Gasteiger partial charge in [0, 0.05) is 0 Å². The lowest BCUT2D eigenvalue weighted by Crippen LogP contribution is -2.40. The third-order valence-electron chi connectivity index (χ3n) is 4.19. The van der Waals surface area contributed by atoms with E-state index < -0.39 is 30.5 Å². The number of anilines is 1. The van der Waals surface area contributed by atoms with Crippen molar-refractivity contribution in [3.05, 3.63) is 48.0 Å². The first-order valence-electron chi connectivity index (χ1n) is 9.22. The molecule has 1 atom stereocenters. The van der Waals surface area contributed by atoms with Crippen LogP contribution < -0.4 is 24.8 Å². The fraction of sp³-hybridized carbons (Fsp3) is 0.286. The number of esters is 1. The van der Waals surface area contributed by atoms with Gasteiger partial charge in [-0.05, 0) is 36.8 Å². The van der Waals surface area contributed by atoms with Crippen LogP contribution in [0.4, 0.5) is 5.69 Å². The molecule has 0 bridgehead atoms. The van der Waals surface area contributed by atoms with Crippen molar-refractivity contribution in [1.29, 1.82) is 0 Å². The lowest BCUT2D eigenvalue weighted by molar-refractivity contribution is -0.157. The second-order valence-electron chi connectivity index (χ2n) is 6.50. The van der Waals surface area contributed by atoms with Crippen molar-refractivity contribution < 1.29 is 33.3 Å². The first-order valence-corrected chi connectivity index (χ1v) is 9.22. The Kier molecular flexibility index (Phi) is 6.74. The lowest BCUT2D eigenvalue weighted by Gasteiger charge is -2.24. The molecule has 1 aliphatic rings. The van der Waals surface area contributed by atoms with Crippen LogP contribution >= 0.6 is 0 Å². The Bertz CT molecular complexity index is 945. The number of rotatable bonds is 7. The summed E-state index contributed by atoms with van der Waals surface area (Å²) in [4.78, 5) is 36.1. The Morgan fingerprint density at radius 1 is 1.10 bits per heavy atom. The molecule has 1 heterocycles. The van der Waals surface area contributed by atoms with E-state index in [4.69, 9.17) is 18.9 Å². The first-order chi connectivity index (χ1) is 14.5. The van der Waals surface area contributed by atoms with Gasteiger partial charge in [-0.2, -0.15) is 0 Å². The summed E-state index contributed by atoms with van der Waals surface area (Å²) >= 11 is 0. The van der Waals surface area contributed by atoms with Crippen LogP contribution in [0.2, 0.25) is 0 Å². The quantitative estimate of drug-likeness (QED) is 0.660. The molecule has 2 N–H and O–H groups in total. The molecule has 2 amide bonds. The molecule has 3 rings (SSSR count). The molecule has 0 aromatic heterocycles. The molecule has 2 aromatic carbocycles. The number of hydrogen-bond donors (Lipinski definition) is 2. The van der Waals surface area contributed by atoms with Crippen molar-refractivity contribution in [2.24, 2.45) is 0 Å². The maximum atomic E-state index is 12.1. The Morgan fingerprint density at radius 2 is 1.87 bits per heavy atom. The van der Waals surface area contributed by atoms with Gasteiger partial charge in [-0.15, -0.1) is 0 Å². The number of hydrogen-bond acceptors (Lipinski definition) is 7. The zero-order valence-electron chi connectivity index (χ0n) is 16.6. The highest BCUT2D eigenvalue weighted by atomic mass is 16.6. The van der Waals surface area contributed by atoms with E-state index in [-0.39, 0.29) is 13.2 Å². The summed E-state index contributed by atoms with van der Waals surface area (Å²) in [6, 6.07) is 12.3. The van der Waals surface area contributed by atoms with Crippen LogP contribution in [0.15, 0.2) is 42.5 Å². The molecule has 0 aliphatic carbocycles. The summed E-state index contributed by atoms with van der Waals surface area (Å²) in [6.07, 6.45) is -0.968. The van der Waals surface area contributed by atoms with E-state index in [9.17, 15) is 14.4 Å². The summed E-state index contributed by atoms with van der Waals surface area (Å²) in [5.74, 6) is -0.320. The normalized spacial score (nSPS) is 14.4. The minimum Gasteiger partial charge on any atom is -0.495 e. The molecule has 158 valence electrons. The van der Waals surface area contributed by atoms with Gasteiger partial charge < -0.3 is 29.6 Å². The van der Waals surface area contributed by atoms with Crippen LogP contribution in [0.25, 0.3) is 0 Å². The Morgan fingerprint density at radius 3 is 2.63 bits per heavy atom. The Balaban J connectivity index is 1.41.